The number of ether oxygens (including phenoxy) is 2. The molecule has 0 aliphatic rings. The van der Waals surface area contributed by atoms with Crippen molar-refractivity contribution in [1.29, 1.82) is 0 Å². The number of phenolic OH excluding ortho intramolecular Hbond substituents is 3. The fourth-order valence-corrected chi connectivity index (χ4v) is 2.81. The number of hydrogen-bond acceptors (Lipinski definition) is 6. The van der Waals surface area contributed by atoms with Gasteiger partial charge in [0.05, 0.1) is 0 Å². The molecule has 29 heavy (non-hydrogen) atoms. The summed E-state index contributed by atoms with van der Waals surface area (Å²) in [6.45, 7) is 5.80. The van der Waals surface area contributed by atoms with E-state index in [1.54, 1.807) is 6.92 Å². The molecule has 156 valence electrons. The molecule has 0 saturated heterocycles. The van der Waals surface area contributed by atoms with Crippen molar-refractivity contribution in [1.82, 2.24) is 0 Å². The average molecular weight is 400 g/mol. The molecule has 0 saturated carbocycles. The predicted molar refractivity (Wildman–Crippen MR) is 111 cm³/mol. The summed E-state index contributed by atoms with van der Waals surface area (Å²) in [5, 5.41) is 29.8. The quantitative estimate of drug-likeness (QED) is 0.163. The Hall–Kier alpha value is -2.99. The van der Waals surface area contributed by atoms with E-state index in [1.807, 2.05) is 6.08 Å². The highest BCUT2D eigenvalue weighted by molar-refractivity contribution is 5.80. The van der Waals surface area contributed by atoms with Gasteiger partial charge in [0.25, 0.3) is 0 Å². The highest BCUT2D eigenvalue weighted by Crippen LogP contribution is 2.39. The van der Waals surface area contributed by atoms with Gasteiger partial charge >= 0.3 is 5.97 Å². The van der Waals surface area contributed by atoms with Gasteiger partial charge in [0.1, 0.15) is 23.0 Å². The molecule has 0 spiro atoms. The van der Waals surface area contributed by atoms with Crippen LogP contribution in [0.2, 0.25) is 0 Å². The topological polar surface area (TPSA) is 96.2 Å². The minimum Gasteiger partial charge on any atom is -0.508 e. The minimum atomic E-state index is -0.727. The third-order valence-corrected chi connectivity index (χ3v) is 4.46. The summed E-state index contributed by atoms with van der Waals surface area (Å²) in [6, 6.07) is 8.19. The summed E-state index contributed by atoms with van der Waals surface area (Å²) in [5.41, 5.74) is 0.456. The van der Waals surface area contributed by atoms with E-state index < -0.39 is 12.1 Å². The Morgan fingerprint density at radius 3 is 2.38 bits per heavy atom. The Labute approximate surface area is 171 Å². The van der Waals surface area contributed by atoms with Gasteiger partial charge in [-0.1, -0.05) is 18.9 Å². The molecule has 2 rings (SSSR count). The van der Waals surface area contributed by atoms with Gasteiger partial charge in [0.2, 0.25) is 0 Å². The van der Waals surface area contributed by atoms with E-state index >= 15 is 0 Å². The van der Waals surface area contributed by atoms with E-state index in [0.717, 1.165) is 32.1 Å². The van der Waals surface area contributed by atoms with Crippen LogP contribution < -0.4 is 4.74 Å². The first-order valence-electron chi connectivity index (χ1n) is 9.72. The second-order valence-electron chi connectivity index (χ2n) is 6.81. The molecule has 0 aliphatic heterocycles. The van der Waals surface area contributed by atoms with E-state index in [9.17, 15) is 20.1 Å². The van der Waals surface area contributed by atoms with Gasteiger partial charge in [-0.15, -0.1) is 6.58 Å². The van der Waals surface area contributed by atoms with Crippen LogP contribution in [-0.2, 0) is 9.53 Å². The first kappa shape index (κ1) is 22.3. The fraction of sp³-hybridized carbons (Fsp3) is 0.348. The Morgan fingerprint density at radius 2 is 1.66 bits per heavy atom. The van der Waals surface area contributed by atoms with E-state index in [-0.39, 0.29) is 34.1 Å². The molecule has 2 aromatic carbocycles. The SMILES string of the molecule is C=CCCCCCCO[C@H](C)C(=O)Oc1ccc(O)c(-c2cc(O)ccc2O)c1. The standard InChI is InChI=1S/C23H28O6/c1-3-4-5-6-7-8-13-28-16(2)23(27)29-18-10-12-22(26)20(15-18)19-14-17(24)9-11-21(19)25/h3,9-12,14-16,24-26H,1,4-8,13H2,2H3/t16-/m1/s1. The van der Waals surface area contributed by atoms with Crippen molar-refractivity contribution >= 4 is 5.97 Å². The molecule has 3 N–H and O–H groups in total. The predicted octanol–water partition coefficient (Wildman–Crippen LogP) is 4.92. The Kier molecular flexibility index (Phi) is 8.55. The number of aromatic hydroxyl groups is 3. The van der Waals surface area contributed by atoms with Crippen molar-refractivity contribution in [2.45, 2.75) is 45.1 Å². The molecule has 0 aromatic heterocycles. The number of hydrogen-bond donors (Lipinski definition) is 3. The van der Waals surface area contributed by atoms with E-state index in [1.165, 1.54) is 36.4 Å². The minimum absolute atomic E-state index is 0.0638. The molecule has 2 aromatic rings. The zero-order valence-electron chi connectivity index (χ0n) is 16.6. The highest BCUT2D eigenvalue weighted by atomic mass is 16.6. The van der Waals surface area contributed by atoms with Crippen LogP contribution in [0.15, 0.2) is 49.1 Å². The van der Waals surface area contributed by atoms with Gasteiger partial charge < -0.3 is 24.8 Å². The lowest BCUT2D eigenvalue weighted by Gasteiger charge is -2.14. The van der Waals surface area contributed by atoms with Crippen LogP contribution in [0.1, 0.15) is 39.0 Å². The largest absolute Gasteiger partial charge is 0.508 e. The number of unbranched alkanes of at least 4 members (excludes halogenated alkanes) is 4. The molecular weight excluding hydrogens is 372 g/mol. The maximum absolute atomic E-state index is 12.3. The number of phenols is 3. The van der Waals surface area contributed by atoms with Gasteiger partial charge in [-0.3, -0.25) is 0 Å². The highest BCUT2D eigenvalue weighted by Gasteiger charge is 2.18. The number of carbonyl (C=O) groups excluding carboxylic acids is 1. The molecular formula is C23H28O6. The zero-order chi connectivity index (χ0) is 21.2. The maximum atomic E-state index is 12.3. The van der Waals surface area contributed by atoms with Crippen LogP contribution in [0.3, 0.4) is 0 Å². The van der Waals surface area contributed by atoms with E-state index in [2.05, 4.69) is 6.58 Å². The van der Waals surface area contributed by atoms with Crippen molar-refractivity contribution in [3.8, 4) is 34.1 Å². The molecule has 0 amide bonds. The van der Waals surface area contributed by atoms with Crippen LogP contribution in [0.5, 0.6) is 23.0 Å². The van der Waals surface area contributed by atoms with Crippen LogP contribution in [0, 0.1) is 0 Å². The summed E-state index contributed by atoms with van der Waals surface area (Å²) in [4.78, 5) is 12.3. The number of allylic oxidation sites excluding steroid dienone is 1. The van der Waals surface area contributed by atoms with Crippen molar-refractivity contribution in [3.05, 3.63) is 49.1 Å². The summed E-state index contributed by atoms with van der Waals surface area (Å²) in [5.74, 6) is -0.650. The molecule has 6 nitrogen and oxygen atoms in total. The second kappa shape index (κ2) is 11.1. The summed E-state index contributed by atoms with van der Waals surface area (Å²) in [6.07, 6.45) is 6.31. The number of benzene rings is 2. The molecule has 0 aliphatic carbocycles. The second-order valence-corrected chi connectivity index (χ2v) is 6.81. The Balaban J connectivity index is 1.93. The third kappa shape index (κ3) is 6.84. The van der Waals surface area contributed by atoms with E-state index in [0.29, 0.717) is 6.61 Å². The normalized spacial score (nSPS) is 11.8. The van der Waals surface area contributed by atoms with Gasteiger partial charge in [-0.2, -0.15) is 0 Å². The molecule has 6 heteroatoms. The van der Waals surface area contributed by atoms with Gasteiger partial charge in [-0.05, 0) is 62.6 Å². The lowest BCUT2D eigenvalue weighted by atomic mass is 10.0. The Bertz CT molecular complexity index is 830. The van der Waals surface area contributed by atoms with Crippen LogP contribution in [0.4, 0.5) is 0 Å². The lowest BCUT2D eigenvalue weighted by Crippen LogP contribution is -2.26. The number of esters is 1. The van der Waals surface area contributed by atoms with E-state index in [4.69, 9.17) is 9.47 Å². The molecule has 0 radical (unpaired) electrons. The van der Waals surface area contributed by atoms with Crippen LogP contribution in [-0.4, -0.2) is 34.0 Å². The maximum Gasteiger partial charge on any atom is 0.340 e. The molecule has 0 unspecified atom stereocenters. The van der Waals surface area contributed by atoms with Crippen molar-refractivity contribution in [2.24, 2.45) is 0 Å². The molecule has 0 heterocycles. The fourth-order valence-electron chi connectivity index (χ4n) is 2.81. The molecule has 0 bridgehead atoms. The molecule has 1 atom stereocenters. The van der Waals surface area contributed by atoms with Crippen molar-refractivity contribution < 1.29 is 29.6 Å². The first-order valence-corrected chi connectivity index (χ1v) is 9.72. The van der Waals surface area contributed by atoms with Gasteiger partial charge in [0, 0.05) is 17.7 Å². The molecule has 0 fully saturated rings. The lowest BCUT2D eigenvalue weighted by molar-refractivity contribution is -0.146. The average Bonchev–Trinajstić information content (AvgIpc) is 2.70. The Morgan fingerprint density at radius 1 is 1.00 bits per heavy atom. The zero-order valence-corrected chi connectivity index (χ0v) is 16.6. The summed E-state index contributed by atoms with van der Waals surface area (Å²) < 4.78 is 10.9. The number of rotatable bonds is 11. The monoisotopic (exact) mass is 400 g/mol. The smallest absolute Gasteiger partial charge is 0.340 e. The van der Waals surface area contributed by atoms with Gasteiger partial charge in [-0.25, -0.2) is 4.79 Å². The van der Waals surface area contributed by atoms with Gasteiger partial charge in [0.15, 0.2) is 6.10 Å². The first-order chi connectivity index (χ1) is 13.9. The van der Waals surface area contributed by atoms with Crippen LogP contribution in [0.25, 0.3) is 11.1 Å². The van der Waals surface area contributed by atoms with Crippen LogP contribution >= 0.6 is 0 Å². The summed E-state index contributed by atoms with van der Waals surface area (Å²) >= 11 is 0. The third-order valence-electron chi connectivity index (χ3n) is 4.46. The van der Waals surface area contributed by atoms with Crippen molar-refractivity contribution in [2.75, 3.05) is 6.61 Å². The van der Waals surface area contributed by atoms with Crippen molar-refractivity contribution in [3.63, 3.8) is 0 Å². The number of carbonyl (C=O) groups is 1. The summed E-state index contributed by atoms with van der Waals surface area (Å²) in [7, 11) is 0.